The molecule has 1 aliphatic rings. The average molecular weight is 351 g/mol. The Morgan fingerprint density at radius 1 is 1.15 bits per heavy atom. The molecule has 3 rings (SSSR count). The first kappa shape index (κ1) is 18.4. The van der Waals surface area contributed by atoms with Gasteiger partial charge in [0, 0.05) is 31.0 Å². The van der Waals surface area contributed by atoms with E-state index in [1.165, 1.54) is 5.56 Å². The van der Waals surface area contributed by atoms with E-state index in [2.05, 4.69) is 61.4 Å². The molecule has 2 aromatic rings. The Balaban J connectivity index is 1.57. The largest absolute Gasteiger partial charge is 0.379 e. The minimum atomic E-state index is -0.0564. The maximum absolute atomic E-state index is 12.8. The first-order valence-corrected chi connectivity index (χ1v) is 9.47. The summed E-state index contributed by atoms with van der Waals surface area (Å²) in [5.74, 6) is 0.752. The highest BCUT2D eigenvalue weighted by molar-refractivity contribution is 5.94. The van der Waals surface area contributed by atoms with Gasteiger partial charge in [-0.05, 0) is 57.6 Å². The second-order valence-electron chi connectivity index (χ2n) is 8.26. The van der Waals surface area contributed by atoms with Gasteiger partial charge in [-0.3, -0.25) is 9.78 Å². The van der Waals surface area contributed by atoms with Crippen molar-refractivity contribution in [3.63, 3.8) is 0 Å². The van der Waals surface area contributed by atoms with Gasteiger partial charge in [0.25, 0.3) is 5.91 Å². The molecule has 2 heterocycles. The summed E-state index contributed by atoms with van der Waals surface area (Å²) >= 11 is 0. The van der Waals surface area contributed by atoms with Crippen molar-refractivity contribution in [2.24, 2.45) is 5.92 Å². The van der Waals surface area contributed by atoms with E-state index in [-0.39, 0.29) is 11.4 Å². The van der Waals surface area contributed by atoms with Gasteiger partial charge in [-0.2, -0.15) is 0 Å². The highest BCUT2D eigenvalue weighted by Gasteiger charge is 2.24. The van der Waals surface area contributed by atoms with Gasteiger partial charge in [-0.25, -0.2) is 0 Å². The molecule has 1 saturated heterocycles. The molecule has 4 heteroatoms. The Morgan fingerprint density at radius 3 is 2.50 bits per heavy atom. The number of carbonyl (C=O) groups is 1. The monoisotopic (exact) mass is 351 g/mol. The molecule has 1 amide bonds. The molecule has 0 saturated carbocycles. The minimum Gasteiger partial charge on any atom is -0.379 e. The lowest BCUT2D eigenvalue weighted by atomic mass is 9.90. The maximum atomic E-state index is 12.8. The number of piperidine rings is 1. The lowest BCUT2D eigenvalue weighted by Gasteiger charge is -2.32. The number of hydrogen-bond acceptors (Lipinski definition) is 3. The van der Waals surface area contributed by atoms with Gasteiger partial charge in [0.05, 0.1) is 11.3 Å². The number of aromatic nitrogens is 1. The molecule has 1 aromatic heterocycles. The van der Waals surface area contributed by atoms with Crippen molar-refractivity contribution in [2.45, 2.75) is 45.6 Å². The highest BCUT2D eigenvalue weighted by Crippen LogP contribution is 2.23. The Bertz CT molecular complexity index is 729. The molecule has 0 spiro atoms. The molecule has 0 radical (unpaired) electrons. The summed E-state index contributed by atoms with van der Waals surface area (Å²) in [5.41, 5.74) is 2.89. The number of benzene rings is 1. The summed E-state index contributed by atoms with van der Waals surface area (Å²) in [5, 5.41) is 3.38. The summed E-state index contributed by atoms with van der Waals surface area (Å²) in [7, 11) is 0. The van der Waals surface area contributed by atoms with Crippen LogP contribution in [-0.2, 0) is 6.42 Å². The predicted octanol–water partition coefficient (Wildman–Crippen LogP) is 4.39. The zero-order chi connectivity index (χ0) is 18.6. The third kappa shape index (κ3) is 5.07. The minimum absolute atomic E-state index is 0.0564. The number of hydrogen-bond donors (Lipinski definition) is 1. The zero-order valence-corrected chi connectivity index (χ0v) is 16.0. The van der Waals surface area contributed by atoms with Crippen LogP contribution in [0.2, 0.25) is 0 Å². The van der Waals surface area contributed by atoms with Gasteiger partial charge in [0.1, 0.15) is 0 Å². The summed E-state index contributed by atoms with van der Waals surface area (Å²) < 4.78 is 0. The molecule has 1 aliphatic heterocycles. The molecular formula is C22H29N3O. The van der Waals surface area contributed by atoms with E-state index in [1.807, 2.05) is 11.0 Å². The Labute approximate surface area is 156 Å². The van der Waals surface area contributed by atoms with Gasteiger partial charge in [0.2, 0.25) is 0 Å². The molecule has 0 atom stereocenters. The van der Waals surface area contributed by atoms with Gasteiger partial charge >= 0.3 is 0 Å². The normalized spacial score (nSPS) is 15.7. The van der Waals surface area contributed by atoms with E-state index >= 15 is 0 Å². The molecule has 1 fully saturated rings. The van der Waals surface area contributed by atoms with Gasteiger partial charge < -0.3 is 10.2 Å². The summed E-state index contributed by atoms with van der Waals surface area (Å²) in [6, 6.07) is 12.5. The number of anilines is 1. The third-order valence-corrected chi connectivity index (χ3v) is 4.77. The number of carbonyl (C=O) groups excluding carboxylic acids is 1. The first-order valence-electron chi connectivity index (χ1n) is 9.47. The van der Waals surface area contributed by atoms with E-state index in [0.717, 1.165) is 38.0 Å². The Kier molecular flexibility index (Phi) is 5.60. The predicted molar refractivity (Wildman–Crippen MR) is 106 cm³/mol. The van der Waals surface area contributed by atoms with Crippen molar-refractivity contribution in [3.8, 4) is 0 Å². The fourth-order valence-corrected chi connectivity index (χ4v) is 3.53. The van der Waals surface area contributed by atoms with Crippen molar-refractivity contribution < 1.29 is 4.79 Å². The van der Waals surface area contributed by atoms with Gasteiger partial charge in [-0.15, -0.1) is 0 Å². The Morgan fingerprint density at radius 2 is 1.85 bits per heavy atom. The van der Waals surface area contributed by atoms with Crippen LogP contribution in [0.3, 0.4) is 0 Å². The number of rotatable bonds is 4. The maximum Gasteiger partial charge on any atom is 0.255 e. The van der Waals surface area contributed by atoms with Crippen LogP contribution in [0.15, 0.2) is 48.8 Å². The standard InChI is InChI=1S/C22H29N3O/c1-22(2,3)24-20-14-19(15-23-16-20)21(26)25-11-9-18(10-12-25)13-17-7-5-4-6-8-17/h4-8,14-16,18,24H,9-13H2,1-3H3. The van der Waals surface area contributed by atoms with Crippen molar-refractivity contribution >= 4 is 11.6 Å². The molecule has 0 bridgehead atoms. The fraction of sp³-hybridized carbons (Fsp3) is 0.455. The molecular weight excluding hydrogens is 322 g/mol. The first-order chi connectivity index (χ1) is 12.4. The molecule has 26 heavy (non-hydrogen) atoms. The summed E-state index contributed by atoms with van der Waals surface area (Å²) in [6.45, 7) is 7.94. The Hall–Kier alpha value is -2.36. The SMILES string of the molecule is CC(C)(C)Nc1cncc(C(=O)N2CCC(Cc3ccccc3)CC2)c1. The van der Waals surface area contributed by atoms with E-state index in [1.54, 1.807) is 12.4 Å². The molecule has 0 unspecified atom stereocenters. The van der Waals surface area contributed by atoms with E-state index in [4.69, 9.17) is 0 Å². The van der Waals surface area contributed by atoms with Gasteiger partial charge in [-0.1, -0.05) is 30.3 Å². The van der Waals surface area contributed by atoms with Crippen LogP contribution in [0, 0.1) is 5.92 Å². The van der Waals surface area contributed by atoms with Crippen LogP contribution < -0.4 is 5.32 Å². The second-order valence-corrected chi connectivity index (χ2v) is 8.26. The van der Waals surface area contributed by atoms with E-state index in [0.29, 0.717) is 11.5 Å². The number of nitrogens with zero attached hydrogens (tertiary/aromatic N) is 2. The van der Waals surface area contributed by atoms with Crippen LogP contribution >= 0.6 is 0 Å². The van der Waals surface area contributed by atoms with Crippen LogP contribution in [0.1, 0.15) is 49.5 Å². The smallest absolute Gasteiger partial charge is 0.255 e. The molecule has 1 N–H and O–H groups in total. The van der Waals surface area contributed by atoms with Crippen molar-refractivity contribution in [1.29, 1.82) is 0 Å². The van der Waals surface area contributed by atoms with Crippen molar-refractivity contribution in [2.75, 3.05) is 18.4 Å². The molecule has 138 valence electrons. The topological polar surface area (TPSA) is 45.2 Å². The van der Waals surface area contributed by atoms with Crippen LogP contribution in [-0.4, -0.2) is 34.4 Å². The third-order valence-electron chi connectivity index (χ3n) is 4.77. The molecule has 0 aliphatic carbocycles. The lowest BCUT2D eigenvalue weighted by Crippen LogP contribution is -2.39. The van der Waals surface area contributed by atoms with Crippen LogP contribution in [0.5, 0.6) is 0 Å². The second kappa shape index (κ2) is 7.90. The average Bonchev–Trinajstić information content (AvgIpc) is 2.61. The number of likely N-dealkylation sites (tertiary alicyclic amines) is 1. The molecule has 1 aromatic carbocycles. The number of nitrogens with one attached hydrogen (secondary N) is 1. The fourth-order valence-electron chi connectivity index (χ4n) is 3.53. The molecule has 4 nitrogen and oxygen atoms in total. The number of amides is 1. The van der Waals surface area contributed by atoms with Crippen molar-refractivity contribution in [3.05, 3.63) is 59.9 Å². The van der Waals surface area contributed by atoms with Crippen LogP contribution in [0.25, 0.3) is 0 Å². The summed E-state index contributed by atoms with van der Waals surface area (Å²) in [6.07, 6.45) is 6.68. The van der Waals surface area contributed by atoms with E-state index < -0.39 is 0 Å². The van der Waals surface area contributed by atoms with E-state index in [9.17, 15) is 4.79 Å². The highest BCUT2D eigenvalue weighted by atomic mass is 16.2. The van der Waals surface area contributed by atoms with Crippen molar-refractivity contribution in [1.82, 2.24) is 9.88 Å². The number of pyridine rings is 1. The lowest BCUT2D eigenvalue weighted by molar-refractivity contribution is 0.0690. The van der Waals surface area contributed by atoms with Gasteiger partial charge in [0.15, 0.2) is 0 Å². The zero-order valence-electron chi connectivity index (χ0n) is 16.0. The quantitative estimate of drug-likeness (QED) is 0.889. The summed E-state index contributed by atoms with van der Waals surface area (Å²) in [4.78, 5) is 19.1. The van der Waals surface area contributed by atoms with Crippen LogP contribution in [0.4, 0.5) is 5.69 Å².